The third kappa shape index (κ3) is 3.86. The zero-order chi connectivity index (χ0) is 18.5. The maximum absolute atomic E-state index is 12.6. The van der Waals surface area contributed by atoms with Crippen molar-refractivity contribution in [2.75, 3.05) is 19.0 Å². The van der Waals surface area contributed by atoms with Crippen molar-refractivity contribution in [3.8, 4) is 0 Å². The molecule has 0 fully saturated rings. The van der Waals surface area contributed by atoms with Crippen LogP contribution in [0.5, 0.6) is 0 Å². The lowest BCUT2D eigenvalue weighted by molar-refractivity contribution is 0.0951. The fraction of sp³-hybridized carbons (Fsp3) is 0.389. The summed E-state index contributed by atoms with van der Waals surface area (Å²) in [5.74, 6) is 1.30. The zero-order valence-corrected chi connectivity index (χ0v) is 15.9. The van der Waals surface area contributed by atoms with Crippen molar-refractivity contribution in [3.05, 3.63) is 40.9 Å². The highest BCUT2D eigenvalue weighted by atomic mass is 32.1. The molecule has 0 aliphatic heterocycles. The molecule has 0 saturated carbocycles. The van der Waals surface area contributed by atoms with Crippen LogP contribution in [-0.4, -0.2) is 35.6 Å². The maximum atomic E-state index is 12.6. The number of amides is 1. The van der Waals surface area contributed by atoms with E-state index in [1.54, 1.807) is 19.4 Å². The zero-order valence-electron chi connectivity index (χ0n) is 15.0. The van der Waals surface area contributed by atoms with Gasteiger partial charge in [0.15, 0.2) is 0 Å². The first-order chi connectivity index (χ1) is 12.6. The minimum Gasteiger partial charge on any atom is -0.467 e. The fourth-order valence-electron chi connectivity index (χ4n) is 2.71. The molecular formula is C18H22N4O3S. The first-order valence-corrected chi connectivity index (χ1v) is 9.25. The standard InChI is InChI=1S/C18H22N4O3S/c1-4-12(9-24-3)22-16-14-11(2)15(26-18(14)21-10-20-16)17(23)19-8-13-6-5-7-25-13/h5-7,10,12H,4,8-9H2,1-3H3,(H,19,23)(H,20,21,22). The molecule has 3 rings (SSSR count). The summed E-state index contributed by atoms with van der Waals surface area (Å²) in [5, 5.41) is 7.17. The highest BCUT2D eigenvalue weighted by Crippen LogP contribution is 2.33. The van der Waals surface area contributed by atoms with Crippen molar-refractivity contribution in [1.82, 2.24) is 15.3 Å². The summed E-state index contributed by atoms with van der Waals surface area (Å²) in [5.41, 5.74) is 0.873. The highest BCUT2D eigenvalue weighted by molar-refractivity contribution is 7.20. The number of carbonyl (C=O) groups excluding carboxylic acids is 1. The van der Waals surface area contributed by atoms with Gasteiger partial charge in [-0.3, -0.25) is 4.79 Å². The largest absolute Gasteiger partial charge is 0.467 e. The van der Waals surface area contributed by atoms with E-state index >= 15 is 0 Å². The van der Waals surface area contributed by atoms with Crippen LogP contribution in [0.25, 0.3) is 10.2 Å². The van der Waals surface area contributed by atoms with Crippen LogP contribution in [0.1, 0.15) is 34.3 Å². The number of hydrogen-bond donors (Lipinski definition) is 2. The Hall–Kier alpha value is -2.45. The molecule has 1 atom stereocenters. The minimum absolute atomic E-state index is 0.142. The summed E-state index contributed by atoms with van der Waals surface area (Å²) in [6, 6.07) is 3.77. The summed E-state index contributed by atoms with van der Waals surface area (Å²) in [4.78, 5) is 22.7. The summed E-state index contributed by atoms with van der Waals surface area (Å²) in [6.45, 7) is 4.94. The summed E-state index contributed by atoms with van der Waals surface area (Å²) < 4.78 is 10.5. The molecule has 0 aliphatic rings. The van der Waals surface area contributed by atoms with Gasteiger partial charge in [-0.05, 0) is 31.0 Å². The second kappa shape index (κ2) is 8.29. The predicted molar refractivity (Wildman–Crippen MR) is 102 cm³/mol. The number of nitrogens with zero attached hydrogens (tertiary/aromatic N) is 2. The number of anilines is 1. The van der Waals surface area contributed by atoms with Gasteiger partial charge < -0.3 is 19.8 Å². The Labute approximate surface area is 155 Å². The van der Waals surface area contributed by atoms with Crippen molar-refractivity contribution in [2.24, 2.45) is 0 Å². The number of hydrogen-bond acceptors (Lipinski definition) is 7. The van der Waals surface area contributed by atoms with Crippen LogP contribution in [0.3, 0.4) is 0 Å². The quantitative estimate of drug-likeness (QED) is 0.628. The van der Waals surface area contributed by atoms with E-state index < -0.39 is 0 Å². The van der Waals surface area contributed by atoms with Crippen molar-refractivity contribution >= 4 is 33.3 Å². The highest BCUT2D eigenvalue weighted by Gasteiger charge is 2.20. The molecule has 3 aromatic rings. The molecule has 26 heavy (non-hydrogen) atoms. The smallest absolute Gasteiger partial charge is 0.262 e. The Morgan fingerprint density at radius 1 is 1.42 bits per heavy atom. The Morgan fingerprint density at radius 3 is 2.96 bits per heavy atom. The molecule has 0 aliphatic carbocycles. The van der Waals surface area contributed by atoms with E-state index in [4.69, 9.17) is 9.15 Å². The average Bonchev–Trinajstić information content (AvgIpc) is 3.28. The molecule has 0 aromatic carbocycles. The number of fused-ring (bicyclic) bond motifs is 1. The molecule has 138 valence electrons. The lowest BCUT2D eigenvalue weighted by atomic mass is 10.1. The Morgan fingerprint density at radius 2 is 2.27 bits per heavy atom. The molecule has 7 nitrogen and oxygen atoms in total. The number of furan rings is 1. The molecule has 0 radical (unpaired) electrons. The topological polar surface area (TPSA) is 89.3 Å². The average molecular weight is 374 g/mol. The number of ether oxygens (including phenoxy) is 1. The molecule has 1 amide bonds. The van der Waals surface area contributed by atoms with Crippen LogP contribution in [0.15, 0.2) is 29.1 Å². The number of carbonyl (C=O) groups is 1. The van der Waals surface area contributed by atoms with Crippen molar-refractivity contribution < 1.29 is 13.9 Å². The normalized spacial score (nSPS) is 12.3. The summed E-state index contributed by atoms with van der Waals surface area (Å²) in [7, 11) is 1.68. The third-order valence-corrected chi connectivity index (χ3v) is 5.34. The molecule has 0 spiro atoms. The first-order valence-electron chi connectivity index (χ1n) is 8.44. The van der Waals surface area contributed by atoms with E-state index in [9.17, 15) is 4.79 Å². The Bertz CT molecular complexity index is 876. The van der Waals surface area contributed by atoms with Crippen LogP contribution < -0.4 is 10.6 Å². The van der Waals surface area contributed by atoms with Gasteiger partial charge in [0.25, 0.3) is 5.91 Å². The van der Waals surface area contributed by atoms with Crippen LogP contribution in [0.4, 0.5) is 5.82 Å². The van der Waals surface area contributed by atoms with Gasteiger partial charge in [-0.1, -0.05) is 6.92 Å². The van der Waals surface area contributed by atoms with Crippen LogP contribution in [0.2, 0.25) is 0 Å². The molecule has 0 bridgehead atoms. The molecule has 3 heterocycles. The number of aryl methyl sites for hydroxylation is 1. The van der Waals surface area contributed by atoms with E-state index in [0.29, 0.717) is 23.8 Å². The van der Waals surface area contributed by atoms with Crippen LogP contribution in [-0.2, 0) is 11.3 Å². The Kier molecular flexibility index (Phi) is 5.85. The Balaban J connectivity index is 1.85. The van der Waals surface area contributed by atoms with Gasteiger partial charge in [0.05, 0.1) is 35.7 Å². The molecule has 0 saturated heterocycles. The van der Waals surface area contributed by atoms with Crippen molar-refractivity contribution in [2.45, 2.75) is 32.9 Å². The van der Waals surface area contributed by atoms with Gasteiger partial charge in [0, 0.05) is 7.11 Å². The molecule has 1 unspecified atom stereocenters. The number of thiophene rings is 1. The monoisotopic (exact) mass is 374 g/mol. The number of rotatable bonds is 8. The summed E-state index contributed by atoms with van der Waals surface area (Å²) in [6.07, 6.45) is 4.01. The van der Waals surface area contributed by atoms with Gasteiger partial charge in [0.2, 0.25) is 0 Å². The van der Waals surface area contributed by atoms with Gasteiger partial charge in [0.1, 0.15) is 22.7 Å². The molecule has 3 aromatic heterocycles. The van der Waals surface area contributed by atoms with Crippen LogP contribution >= 0.6 is 11.3 Å². The third-order valence-electron chi connectivity index (χ3n) is 4.14. The van der Waals surface area contributed by atoms with E-state index in [1.807, 2.05) is 13.0 Å². The lowest BCUT2D eigenvalue weighted by Crippen LogP contribution is -2.24. The molecule has 2 N–H and O–H groups in total. The maximum Gasteiger partial charge on any atom is 0.262 e. The van der Waals surface area contributed by atoms with E-state index in [-0.39, 0.29) is 11.9 Å². The first kappa shape index (κ1) is 18.3. The second-order valence-corrected chi connectivity index (χ2v) is 6.92. The second-order valence-electron chi connectivity index (χ2n) is 5.93. The number of methoxy groups -OCH3 is 1. The minimum atomic E-state index is -0.142. The number of nitrogens with one attached hydrogen (secondary N) is 2. The molecule has 8 heteroatoms. The van der Waals surface area contributed by atoms with Gasteiger partial charge in [-0.15, -0.1) is 11.3 Å². The van der Waals surface area contributed by atoms with E-state index in [2.05, 4.69) is 27.5 Å². The van der Waals surface area contributed by atoms with E-state index in [1.165, 1.54) is 17.7 Å². The van der Waals surface area contributed by atoms with Crippen LogP contribution in [0, 0.1) is 6.92 Å². The molecular weight excluding hydrogens is 352 g/mol. The van der Waals surface area contributed by atoms with Gasteiger partial charge in [-0.25, -0.2) is 9.97 Å². The van der Waals surface area contributed by atoms with Gasteiger partial charge >= 0.3 is 0 Å². The predicted octanol–water partition coefficient (Wildman–Crippen LogP) is 3.36. The van der Waals surface area contributed by atoms with E-state index in [0.717, 1.165) is 28.0 Å². The SMILES string of the molecule is CCC(COC)Nc1ncnc2sc(C(=O)NCc3ccco3)c(C)c12. The number of aromatic nitrogens is 2. The van der Waals surface area contributed by atoms with Crippen molar-refractivity contribution in [3.63, 3.8) is 0 Å². The van der Waals surface area contributed by atoms with Gasteiger partial charge in [-0.2, -0.15) is 0 Å². The lowest BCUT2D eigenvalue weighted by Gasteiger charge is -2.17. The van der Waals surface area contributed by atoms with Crippen molar-refractivity contribution in [1.29, 1.82) is 0 Å². The summed E-state index contributed by atoms with van der Waals surface area (Å²) >= 11 is 1.37. The fourth-order valence-corrected chi connectivity index (χ4v) is 3.78.